The lowest BCUT2D eigenvalue weighted by molar-refractivity contribution is 0.0601. The molecule has 2 aliphatic rings. The summed E-state index contributed by atoms with van der Waals surface area (Å²) >= 11 is 0. The van der Waals surface area contributed by atoms with E-state index in [1.807, 2.05) is 18.2 Å². The van der Waals surface area contributed by atoms with Crippen LogP contribution in [0.25, 0.3) is 10.8 Å². The van der Waals surface area contributed by atoms with Crippen molar-refractivity contribution in [3.05, 3.63) is 82.4 Å². The van der Waals surface area contributed by atoms with Gasteiger partial charge in [-0.1, -0.05) is 70.2 Å². The molecule has 2 heteroatoms. The highest BCUT2D eigenvalue weighted by Crippen LogP contribution is 2.56. The van der Waals surface area contributed by atoms with Crippen LogP contribution in [0.3, 0.4) is 0 Å². The largest absolute Gasteiger partial charge is 0.465 e. The van der Waals surface area contributed by atoms with Gasteiger partial charge in [-0.2, -0.15) is 0 Å². The first-order valence-electron chi connectivity index (χ1n) is 11.4. The van der Waals surface area contributed by atoms with Gasteiger partial charge in [0.25, 0.3) is 0 Å². The average molecular weight is 413 g/mol. The van der Waals surface area contributed by atoms with E-state index in [-0.39, 0.29) is 22.2 Å². The molecule has 3 aromatic rings. The van der Waals surface area contributed by atoms with Crippen LogP contribution in [-0.2, 0) is 21.0 Å². The highest BCUT2D eigenvalue weighted by atomic mass is 16.5. The van der Waals surface area contributed by atoms with Crippen molar-refractivity contribution in [2.75, 3.05) is 7.11 Å². The summed E-state index contributed by atoms with van der Waals surface area (Å²) in [5.74, 6) is -0.288. The van der Waals surface area contributed by atoms with Crippen molar-refractivity contribution in [3.8, 4) is 0 Å². The highest BCUT2D eigenvalue weighted by Gasteiger charge is 2.47. The Bertz CT molecular complexity index is 1190. The molecule has 0 aliphatic heterocycles. The summed E-state index contributed by atoms with van der Waals surface area (Å²) in [7, 11) is 1.42. The number of carbonyl (C=O) groups excluding carboxylic acids is 1. The molecular weight excluding hydrogens is 380 g/mol. The van der Waals surface area contributed by atoms with Crippen LogP contribution in [0.1, 0.15) is 86.0 Å². The van der Waals surface area contributed by atoms with Crippen LogP contribution in [0.15, 0.2) is 54.6 Å². The van der Waals surface area contributed by atoms with E-state index in [1.54, 1.807) is 0 Å². The average Bonchev–Trinajstić information content (AvgIpc) is 3.57. The first-order chi connectivity index (χ1) is 14.7. The molecule has 3 aromatic carbocycles. The second-order valence-electron chi connectivity index (χ2n) is 10.9. The van der Waals surface area contributed by atoms with Crippen molar-refractivity contribution >= 4 is 16.7 Å². The number of carbonyl (C=O) groups is 1. The fourth-order valence-electron chi connectivity index (χ4n) is 5.54. The molecule has 2 nitrogen and oxygen atoms in total. The van der Waals surface area contributed by atoms with Crippen LogP contribution in [0.5, 0.6) is 0 Å². The van der Waals surface area contributed by atoms with E-state index in [0.29, 0.717) is 5.56 Å². The molecule has 1 saturated carbocycles. The number of hydrogen-bond acceptors (Lipinski definition) is 2. The maximum atomic E-state index is 11.9. The van der Waals surface area contributed by atoms with Crippen molar-refractivity contribution in [3.63, 3.8) is 0 Å². The summed E-state index contributed by atoms with van der Waals surface area (Å²) in [4.78, 5) is 11.9. The second kappa shape index (κ2) is 6.69. The molecule has 0 aromatic heterocycles. The summed E-state index contributed by atoms with van der Waals surface area (Å²) in [6.45, 7) is 9.58. The second-order valence-corrected chi connectivity index (χ2v) is 10.9. The lowest BCUT2D eigenvalue weighted by Gasteiger charge is -2.42. The molecule has 0 N–H and O–H groups in total. The van der Waals surface area contributed by atoms with Gasteiger partial charge in [-0.05, 0) is 81.7 Å². The van der Waals surface area contributed by atoms with Gasteiger partial charge in [-0.15, -0.1) is 0 Å². The molecule has 0 saturated heterocycles. The molecular formula is C29H32O2. The Hall–Kier alpha value is -2.61. The predicted molar refractivity (Wildman–Crippen MR) is 127 cm³/mol. The van der Waals surface area contributed by atoms with Gasteiger partial charge in [0.1, 0.15) is 0 Å². The monoisotopic (exact) mass is 412 g/mol. The van der Waals surface area contributed by atoms with Crippen molar-refractivity contribution in [2.24, 2.45) is 0 Å². The molecule has 0 bridgehead atoms. The predicted octanol–water partition coefficient (Wildman–Crippen LogP) is 7.06. The third-order valence-corrected chi connectivity index (χ3v) is 7.97. The molecule has 0 heterocycles. The van der Waals surface area contributed by atoms with Crippen molar-refractivity contribution < 1.29 is 9.53 Å². The van der Waals surface area contributed by atoms with E-state index in [9.17, 15) is 4.79 Å². The van der Waals surface area contributed by atoms with Gasteiger partial charge in [0.2, 0.25) is 0 Å². The highest BCUT2D eigenvalue weighted by molar-refractivity contribution is 5.95. The minimum atomic E-state index is -0.288. The first kappa shape index (κ1) is 20.3. The summed E-state index contributed by atoms with van der Waals surface area (Å²) in [5.41, 5.74) is 7.12. The molecule has 2 aliphatic carbocycles. The van der Waals surface area contributed by atoms with E-state index < -0.39 is 0 Å². The number of fused-ring (bicyclic) bond motifs is 2. The zero-order valence-electron chi connectivity index (χ0n) is 19.3. The Morgan fingerprint density at radius 1 is 0.710 bits per heavy atom. The Kier molecular flexibility index (Phi) is 4.38. The van der Waals surface area contributed by atoms with Crippen LogP contribution < -0.4 is 0 Å². The van der Waals surface area contributed by atoms with Crippen LogP contribution >= 0.6 is 0 Å². The Morgan fingerprint density at radius 3 is 1.97 bits per heavy atom. The van der Waals surface area contributed by atoms with Gasteiger partial charge in [-0.25, -0.2) is 4.79 Å². The van der Waals surface area contributed by atoms with Gasteiger partial charge >= 0.3 is 5.97 Å². The van der Waals surface area contributed by atoms with Crippen molar-refractivity contribution in [1.82, 2.24) is 0 Å². The third kappa shape index (κ3) is 3.19. The van der Waals surface area contributed by atoms with Gasteiger partial charge in [-0.3, -0.25) is 0 Å². The SMILES string of the molecule is COC(=O)c1ccc2cc(C3(c4ccc5c(c4)C(C)(C)CCC5(C)C)CC3)ccc2c1. The zero-order valence-corrected chi connectivity index (χ0v) is 19.3. The van der Waals surface area contributed by atoms with Gasteiger partial charge in [0.15, 0.2) is 0 Å². The van der Waals surface area contributed by atoms with Crippen molar-refractivity contribution in [2.45, 2.75) is 69.6 Å². The van der Waals surface area contributed by atoms with Crippen LogP contribution in [0.2, 0.25) is 0 Å². The lowest BCUT2D eigenvalue weighted by Crippen LogP contribution is -2.34. The van der Waals surface area contributed by atoms with E-state index >= 15 is 0 Å². The zero-order chi connectivity index (χ0) is 22.0. The summed E-state index contributed by atoms with van der Waals surface area (Å²) < 4.78 is 4.87. The van der Waals surface area contributed by atoms with Crippen LogP contribution in [0.4, 0.5) is 0 Å². The van der Waals surface area contributed by atoms with E-state index in [4.69, 9.17) is 4.74 Å². The number of rotatable bonds is 3. The summed E-state index contributed by atoms with van der Waals surface area (Å²) in [5, 5.41) is 2.26. The standard InChI is InChI=1S/C29H32O2/c1-27(2)12-13-28(3,4)25-18-23(10-11-24(25)27)29(14-15-29)22-9-8-19-16-21(26(30)31-5)7-6-20(19)17-22/h6-11,16-18H,12-15H2,1-5H3. The molecule has 0 amide bonds. The number of esters is 1. The fraction of sp³-hybridized carbons (Fsp3) is 0.414. The topological polar surface area (TPSA) is 26.3 Å². The van der Waals surface area contributed by atoms with Crippen molar-refractivity contribution in [1.29, 1.82) is 0 Å². The van der Waals surface area contributed by atoms with E-state index in [0.717, 1.165) is 5.39 Å². The molecule has 31 heavy (non-hydrogen) atoms. The summed E-state index contributed by atoms with van der Waals surface area (Å²) in [6, 6.07) is 19.9. The number of hydrogen-bond donors (Lipinski definition) is 0. The van der Waals surface area contributed by atoms with E-state index in [1.165, 1.54) is 60.4 Å². The molecule has 5 rings (SSSR count). The lowest BCUT2D eigenvalue weighted by atomic mass is 9.62. The molecule has 1 fully saturated rings. The van der Waals surface area contributed by atoms with Crippen LogP contribution in [-0.4, -0.2) is 13.1 Å². The molecule has 0 atom stereocenters. The van der Waals surface area contributed by atoms with E-state index in [2.05, 4.69) is 64.1 Å². The number of ether oxygens (including phenoxy) is 1. The smallest absolute Gasteiger partial charge is 0.337 e. The molecule has 160 valence electrons. The molecule has 0 spiro atoms. The Labute approximate surface area is 185 Å². The van der Waals surface area contributed by atoms with Gasteiger partial charge in [0.05, 0.1) is 12.7 Å². The summed E-state index contributed by atoms with van der Waals surface area (Å²) in [6.07, 6.45) is 4.88. The maximum absolute atomic E-state index is 11.9. The van der Waals surface area contributed by atoms with Crippen LogP contribution in [0, 0.1) is 0 Å². The quantitative estimate of drug-likeness (QED) is 0.431. The molecule has 0 unspecified atom stereocenters. The number of benzene rings is 3. The third-order valence-electron chi connectivity index (χ3n) is 7.97. The number of methoxy groups -OCH3 is 1. The molecule has 0 radical (unpaired) electrons. The first-order valence-corrected chi connectivity index (χ1v) is 11.4. The fourth-order valence-corrected chi connectivity index (χ4v) is 5.54. The minimum Gasteiger partial charge on any atom is -0.465 e. The van der Waals surface area contributed by atoms with Gasteiger partial charge < -0.3 is 4.74 Å². The normalized spacial score (nSPS) is 20.2. The Balaban J connectivity index is 1.57. The Morgan fingerprint density at radius 2 is 1.29 bits per heavy atom. The van der Waals surface area contributed by atoms with Gasteiger partial charge in [0, 0.05) is 5.41 Å². The maximum Gasteiger partial charge on any atom is 0.337 e. The minimum absolute atomic E-state index is 0.127.